The number of benzene rings is 2. The standard InChI is InChI=1S/C30H46N2O2/c1-17(2)25-13-19(5)27(21(7)29(25)33)15-31-11-12-32(24(10)23(31)9)16-28-20(6)14-26(18(3)4)30(34)22(28)8/h13-14,17-18,23-24,33-34H,11-12,15-16H2,1-10H3. The maximum Gasteiger partial charge on any atom is 0.122 e. The topological polar surface area (TPSA) is 46.9 Å². The van der Waals surface area contributed by atoms with E-state index in [1.54, 1.807) is 0 Å². The number of phenolic OH excluding ortho intramolecular Hbond substituents is 2. The van der Waals surface area contributed by atoms with Gasteiger partial charge in [-0.1, -0.05) is 39.8 Å². The molecule has 2 atom stereocenters. The summed E-state index contributed by atoms with van der Waals surface area (Å²) >= 11 is 0. The Hall–Kier alpha value is -2.04. The van der Waals surface area contributed by atoms with Crippen LogP contribution in [0.25, 0.3) is 0 Å². The van der Waals surface area contributed by atoms with E-state index in [-0.39, 0.29) is 0 Å². The highest BCUT2D eigenvalue weighted by atomic mass is 16.3. The molecule has 188 valence electrons. The lowest BCUT2D eigenvalue weighted by Crippen LogP contribution is -2.56. The molecule has 0 aromatic heterocycles. The summed E-state index contributed by atoms with van der Waals surface area (Å²) in [6, 6.07) is 5.13. The molecule has 4 heteroatoms. The largest absolute Gasteiger partial charge is 0.507 e. The van der Waals surface area contributed by atoms with E-state index in [0.29, 0.717) is 35.4 Å². The fourth-order valence-electron chi connectivity index (χ4n) is 5.58. The summed E-state index contributed by atoms with van der Waals surface area (Å²) in [4.78, 5) is 5.12. The Morgan fingerprint density at radius 2 is 1.03 bits per heavy atom. The third kappa shape index (κ3) is 4.99. The van der Waals surface area contributed by atoms with Gasteiger partial charge in [-0.2, -0.15) is 0 Å². The van der Waals surface area contributed by atoms with Crippen LogP contribution in [0.15, 0.2) is 12.1 Å². The summed E-state index contributed by atoms with van der Waals surface area (Å²) in [5.41, 5.74) is 9.20. The molecular weight excluding hydrogens is 420 g/mol. The molecule has 2 aromatic carbocycles. The zero-order valence-corrected chi connectivity index (χ0v) is 23.1. The molecule has 0 bridgehead atoms. The summed E-state index contributed by atoms with van der Waals surface area (Å²) in [6.45, 7) is 25.4. The van der Waals surface area contributed by atoms with Crippen LogP contribution in [0.4, 0.5) is 0 Å². The van der Waals surface area contributed by atoms with Crippen molar-refractivity contribution in [2.24, 2.45) is 0 Å². The highest BCUT2D eigenvalue weighted by molar-refractivity contribution is 5.51. The lowest BCUT2D eigenvalue weighted by atomic mass is 9.91. The molecule has 2 aromatic rings. The van der Waals surface area contributed by atoms with Gasteiger partial charge >= 0.3 is 0 Å². The molecule has 1 saturated heterocycles. The van der Waals surface area contributed by atoms with E-state index in [2.05, 4.69) is 91.2 Å². The normalized spacial score (nSPS) is 20.0. The average Bonchev–Trinajstić information content (AvgIpc) is 2.77. The highest BCUT2D eigenvalue weighted by Gasteiger charge is 2.32. The van der Waals surface area contributed by atoms with Crippen LogP contribution in [-0.4, -0.2) is 45.2 Å². The lowest BCUT2D eigenvalue weighted by Gasteiger charge is -2.45. The summed E-state index contributed by atoms with van der Waals surface area (Å²) in [7, 11) is 0. The third-order valence-corrected chi connectivity index (χ3v) is 8.35. The Labute approximate surface area is 207 Å². The molecule has 1 aliphatic heterocycles. The smallest absolute Gasteiger partial charge is 0.122 e. The zero-order chi connectivity index (χ0) is 25.5. The average molecular weight is 467 g/mol. The van der Waals surface area contributed by atoms with Gasteiger partial charge in [0.1, 0.15) is 11.5 Å². The fraction of sp³-hybridized carbons (Fsp3) is 0.600. The molecule has 1 aliphatic rings. The molecule has 0 aliphatic carbocycles. The third-order valence-electron chi connectivity index (χ3n) is 8.35. The van der Waals surface area contributed by atoms with E-state index < -0.39 is 0 Å². The quantitative estimate of drug-likeness (QED) is 0.499. The van der Waals surface area contributed by atoms with Crippen molar-refractivity contribution in [2.75, 3.05) is 13.1 Å². The molecule has 0 saturated carbocycles. The van der Waals surface area contributed by atoms with Gasteiger partial charge in [-0.3, -0.25) is 9.80 Å². The van der Waals surface area contributed by atoms with Crippen LogP contribution >= 0.6 is 0 Å². The highest BCUT2D eigenvalue weighted by Crippen LogP contribution is 2.36. The number of hydrogen-bond donors (Lipinski definition) is 2. The van der Waals surface area contributed by atoms with Crippen molar-refractivity contribution in [1.29, 1.82) is 0 Å². The lowest BCUT2D eigenvalue weighted by molar-refractivity contribution is 0.0255. The van der Waals surface area contributed by atoms with Gasteiger partial charge in [0.15, 0.2) is 0 Å². The van der Waals surface area contributed by atoms with E-state index in [1.807, 2.05) is 0 Å². The van der Waals surface area contributed by atoms with Crippen molar-refractivity contribution in [1.82, 2.24) is 9.80 Å². The maximum atomic E-state index is 10.8. The Kier molecular flexibility index (Phi) is 8.04. The molecule has 34 heavy (non-hydrogen) atoms. The van der Waals surface area contributed by atoms with Crippen molar-refractivity contribution >= 4 is 0 Å². The second kappa shape index (κ2) is 10.3. The first-order chi connectivity index (χ1) is 15.8. The van der Waals surface area contributed by atoms with Gasteiger partial charge in [-0.15, -0.1) is 0 Å². The van der Waals surface area contributed by atoms with Crippen molar-refractivity contribution < 1.29 is 10.2 Å². The minimum atomic E-state index is 0.315. The van der Waals surface area contributed by atoms with Crippen LogP contribution in [0.3, 0.4) is 0 Å². The molecule has 1 fully saturated rings. The monoisotopic (exact) mass is 466 g/mol. The fourth-order valence-corrected chi connectivity index (χ4v) is 5.58. The van der Waals surface area contributed by atoms with Crippen LogP contribution in [0.2, 0.25) is 0 Å². The van der Waals surface area contributed by atoms with E-state index >= 15 is 0 Å². The van der Waals surface area contributed by atoms with Crippen LogP contribution in [0.1, 0.15) is 97.9 Å². The Morgan fingerprint density at radius 3 is 1.32 bits per heavy atom. The van der Waals surface area contributed by atoms with Crippen molar-refractivity contribution in [3.05, 3.63) is 56.6 Å². The number of aromatic hydroxyl groups is 2. The minimum Gasteiger partial charge on any atom is -0.507 e. The second-order valence-electron chi connectivity index (χ2n) is 11.2. The number of phenols is 2. The Bertz CT molecular complexity index is 958. The molecule has 0 spiro atoms. The second-order valence-corrected chi connectivity index (χ2v) is 11.2. The van der Waals surface area contributed by atoms with Gasteiger partial charge in [0.2, 0.25) is 0 Å². The molecule has 0 radical (unpaired) electrons. The molecule has 0 amide bonds. The summed E-state index contributed by atoms with van der Waals surface area (Å²) < 4.78 is 0. The number of hydrogen-bond acceptors (Lipinski definition) is 4. The van der Waals surface area contributed by atoms with E-state index in [1.165, 1.54) is 22.3 Å². The van der Waals surface area contributed by atoms with Gasteiger partial charge in [0.05, 0.1) is 0 Å². The SMILES string of the molecule is Cc1cc(C(C)C)c(O)c(C)c1CN1CCN(Cc2c(C)cc(C(C)C)c(O)c2C)C(C)C1C. The van der Waals surface area contributed by atoms with E-state index in [4.69, 9.17) is 0 Å². The molecule has 1 heterocycles. The Morgan fingerprint density at radius 1 is 0.706 bits per heavy atom. The molecular formula is C30H46N2O2. The first kappa shape index (κ1) is 26.6. The van der Waals surface area contributed by atoms with Crippen molar-refractivity contribution in [3.8, 4) is 11.5 Å². The van der Waals surface area contributed by atoms with Crippen LogP contribution in [0.5, 0.6) is 11.5 Å². The zero-order valence-electron chi connectivity index (χ0n) is 23.1. The predicted molar refractivity (Wildman–Crippen MR) is 143 cm³/mol. The maximum absolute atomic E-state index is 10.8. The molecule has 3 rings (SSSR count). The first-order valence-corrected chi connectivity index (χ1v) is 13.0. The van der Waals surface area contributed by atoms with Gasteiger partial charge in [0.25, 0.3) is 0 Å². The van der Waals surface area contributed by atoms with Gasteiger partial charge in [-0.05, 0) is 97.9 Å². The molecule has 2 N–H and O–H groups in total. The van der Waals surface area contributed by atoms with Crippen LogP contribution < -0.4 is 0 Å². The number of aryl methyl sites for hydroxylation is 2. The molecule has 4 nitrogen and oxygen atoms in total. The number of piperazine rings is 1. The Balaban J connectivity index is 1.79. The minimum absolute atomic E-state index is 0.315. The van der Waals surface area contributed by atoms with Gasteiger partial charge in [0, 0.05) is 38.3 Å². The van der Waals surface area contributed by atoms with Crippen molar-refractivity contribution in [3.63, 3.8) is 0 Å². The van der Waals surface area contributed by atoms with Gasteiger partial charge in [-0.25, -0.2) is 0 Å². The van der Waals surface area contributed by atoms with E-state index in [9.17, 15) is 10.2 Å². The summed E-state index contributed by atoms with van der Waals surface area (Å²) in [6.07, 6.45) is 0. The van der Waals surface area contributed by atoms with E-state index in [0.717, 1.165) is 48.4 Å². The van der Waals surface area contributed by atoms with Crippen LogP contribution in [0, 0.1) is 27.7 Å². The summed E-state index contributed by atoms with van der Waals surface area (Å²) in [5, 5.41) is 21.6. The summed E-state index contributed by atoms with van der Waals surface area (Å²) in [5.74, 6) is 1.56. The predicted octanol–water partition coefficient (Wildman–Crippen LogP) is 6.67. The number of nitrogens with zero attached hydrogens (tertiary/aromatic N) is 2. The van der Waals surface area contributed by atoms with Crippen molar-refractivity contribution in [2.45, 2.75) is 106 Å². The first-order valence-electron chi connectivity index (χ1n) is 13.0. The van der Waals surface area contributed by atoms with Crippen LogP contribution in [-0.2, 0) is 13.1 Å². The van der Waals surface area contributed by atoms with Gasteiger partial charge < -0.3 is 10.2 Å². The number of rotatable bonds is 6. The molecule has 2 unspecified atom stereocenters.